The highest BCUT2D eigenvalue weighted by Crippen LogP contribution is 2.28. The van der Waals surface area contributed by atoms with Gasteiger partial charge in [0.05, 0.1) is 30.4 Å². The van der Waals surface area contributed by atoms with E-state index in [2.05, 4.69) is 10.3 Å². The molecule has 0 aliphatic rings. The van der Waals surface area contributed by atoms with Crippen LogP contribution in [-0.4, -0.2) is 37.3 Å². The van der Waals surface area contributed by atoms with Gasteiger partial charge in [-0.3, -0.25) is 4.79 Å². The number of fused-ring (bicyclic) bond motifs is 1. The van der Waals surface area contributed by atoms with Crippen LogP contribution in [0.5, 0.6) is 5.75 Å². The SMILES string of the molecule is COc1ccc2nc(NC(=O)CNCC(F)(F)F)sc2c1. The van der Waals surface area contributed by atoms with Crippen molar-refractivity contribution in [3.8, 4) is 5.75 Å². The molecule has 1 aromatic heterocycles. The first-order chi connectivity index (χ1) is 9.87. The van der Waals surface area contributed by atoms with Gasteiger partial charge in [0.25, 0.3) is 0 Å². The van der Waals surface area contributed by atoms with Crippen molar-refractivity contribution in [3.05, 3.63) is 18.2 Å². The minimum absolute atomic E-state index is 0.331. The van der Waals surface area contributed by atoms with E-state index < -0.39 is 25.2 Å². The first kappa shape index (κ1) is 15.5. The van der Waals surface area contributed by atoms with Crippen molar-refractivity contribution in [3.63, 3.8) is 0 Å². The van der Waals surface area contributed by atoms with Crippen LogP contribution < -0.4 is 15.4 Å². The first-order valence-corrected chi connectivity index (χ1v) is 6.71. The monoisotopic (exact) mass is 319 g/mol. The van der Waals surface area contributed by atoms with E-state index >= 15 is 0 Å². The lowest BCUT2D eigenvalue weighted by molar-refractivity contribution is -0.126. The number of thiazole rings is 1. The van der Waals surface area contributed by atoms with Gasteiger partial charge in [0, 0.05) is 0 Å². The molecule has 2 aromatic rings. The number of hydrogen-bond donors (Lipinski definition) is 2. The highest BCUT2D eigenvalue weighted by Gasteiger charge is 2.26. The predicted octanol–water partition coefficient (Wildman–Crippen LogP) is 2.40. The summed E-state index contributed by atoms with van der Waals surface area (Å²) in [6, 6.07) is 5.24. The summed E-state index contributed by atoms with van der Waals surface area (Å²) in [6.45, 7) is -1.64. The summed E-state index contributed by atoms with van der Waals surface area (Å²) in [5.41, 5.74) is 0.680. The van der Waals surface area contributed by atoms with Crippen LogP contribution in [0.1, 0.15) is 0 Å². The van der Waals surface area contributed by atoms with Crippen LogP contribution >= 0.6 is 11.3 Å². The van der Waals surface area contributed by atoms with E-state index in [1.54, 1.807) is 18.2 Å². The minimum atomic E-state index is -4.34. The first-order valence-electron chi connectivity index (χ1n) is 5.89. The molecule has 21 heavy (non-hydrogen) atoms. The van der Waals surface area contributed by atoms with Crippen molar-refractivity contribution in [1.82, 2.24) is 10.3 Å². The van der Waals surface area contributed by atoms with Crippen LogP contribution in [0.15, 0.2) is 18.2 Å². The van der Waals surface area contributed by atoms with Gasteiger partial charge in [-0.05, 0) is 18.2 Å². The molecule has 0 atom stereocenters. The van der Waals surface area contributed by atoms with E-state index in [1.807, 2.05) is 5.32 Å². The number of ether oxygens (including phenoxy) is 1. The molecule has 0 radical (unpaired) electrons. The molecule has 2 N–H and O–H groups in total. The number of anilines is 1. The number of carbonyl (C=O) groups is 1. The van der Waals surface area contributed by atoms with Gasteiger partial charge in [-0.1, -0.05) is 11.3 Å². The van der Waals surface area contributed by atoms with Crippen LogP contribution in [0, 0.1) is 0 Å². The molecule has 9 heteroatoms. The zero-order valence-corrected chi connectivity index (χ0v) is 11.8. The maximum Gasteiger partial charge on any atom is 0.401 e. The van der Waals surface area contributed by atoms with E-state index in [-0.39, 0.29) is 0 Å². The number of aromatic nitrogens is 1. The number of alkyl halides is 3. The molecule has 0 aliphatic carbocycles. The van der Waals surface area contributed by atoms with Crippen molar-refractivity contribution in [2.75, 3.05) is 25.5 Å². The van der Waals surface area contributed by atoms with Gasteiger partial charge < -0.3 is 15.4 Å². The Morgan fingerprint density at radius 3 is 2.86 bits per heavy atom. The Balaban J connectivity index is 1.95. The van der Waals surface area contributed by atoms with Crippen LogP contribution in [0.25, 0.3) is 10.2 Å². The molecule has 5 nitrogen and oxygen atoms in total. The lowest BCUT2D eigenvalue weighted by atomic mass is 10.3. The minimum Gasteiger partial charge on any atom is -0.497 e. The second-order valence-corrected chi connectivity index (χ2v) is 5.15. The van der Waals surface area contributed by atoms with Crippen molar-refractivity contribution in [2.24, 2.45) is 0 Å². The number of nitrogens with zero attached hydrogens (tertiary/aromatic N) is 1. The van der Waals surface area contributed by atoms with Gasteiger partial charge in [-0.2, -0.15) is 13.2 Å². The van der Waals surface area contributed by atoms with E-state index in [4.69, 9.17) is 4.74 Å². The molecule has 0 saturated heterocycles. The molecule has 0 saturated carbocycles. The molecule has 0 fully saturated rings. The number of methoxy groups -OCH3 is 1. The van der Waals surface area contributed by atoms with Crippen LogP contribution in [0.3, 0.4) is 0 Å². The number of rotatable bonds is 5. The van der Waals surface area contributed by atoms with Gasteiger partial charge in [-0.25, -0.2) is 4.98 Å². The lowest BCUT2D eigenvalue weighted by Gasteiger charge is -2.07. The lowest BCUT2D eigenvalue weighted by Crippen LogP contribution is -2.35. The number of hydrogen-bond acceptors (Lipinski definition) is 5. The van der Waals surface area contributed by atoms with Gasteiger partial charge >= 0.3 is 6.18 Å². The van der Waals surface area contributed by atoms with E-state index in [0.29, 0.717) is 16.4 Å². The molecule has 0 aliphatic heterocycles. The normalized spacial score (nSPS) is 11.6. The molecule has 1 aromatic carbocycles. The fourth-order valence-corrected chi connectivity index (χ4v) is 2.48. The summed E-state index contributed by atoms with van der Waals surface area (Å²) in [4.78, 5) is 15.7. The summed E-state index contributed by atoms with van der Waals surface area (Å²) in [6.07, 6.45) is -4.34. The van der Waals surface area contributed by atoms with Gasteiger partial charge in [0.15, 0.2) is 5.13 Å². The van der Waals surface area contributed by atoms with Gasteiger partial charge in [0.1, 0.15) is 5.75 Å². The third kappa shape index (κ3) is 4.57. The third-order valence-corrected chi connectivity index (χ3v) is 3.39. The Labute approximate surface area is 122 Å². The van der Waals surface area contributed by atoms with Crippen molar-refractivity contribution >= 4 is 32.6 Å². The Morgan fingerprint density at radius 1 is 1.43 bits per heavy atom. The number of benzene rings is 1. The smallest absolute Gasteiger partial charge is 0.401 e. The Kier molecular flexibility index (Phi) is 4.63. The average Bonchev–Trinajstić information content (AvgIpc) is 2.77. The van der Waals surface area contributed by atoms with E-state index in [0.717, 1.165) is 4.70 Å². The van der Waals surface area contributed by atoms with Crippen molar-refractivity contribution < 1.29 is 22.7 Å². The molecule has 114 valence electrons. The molecule has 1 heterocycles. The number of nitrogens with one attached hydrogen (secondary N) is 2. The number of halogens is 3. The number of amides is 1. The average molecular weight is 319 g/mol. The topological polar surface area (TPSA) is 63.2 Å². The second kappa shape index (κ2) is 6.27. The van der Waals surface area contributed by atoms with Crippen molar-refractivity contribution in [2.45, 2.75) is 6.18 Å². The highest BCUT2D eigenvalue weighted by molar-refractivity contribution is 7.22. The molecule has 0 spiro atoms. The summed E-state index contributed by atoms with van der Waals surface area (Å²) >= 11 is 1.22. The second-order valence-electron chi connectivity index (χ2n) is 4.12. The fourth-order valence-electron chi connectivity index (χ4n) is 1.57. The van der Waals surface area contributed by atoms with Gasteiger partial charge in [-0.15, -0.1) is 0 Å². The summed E-state index contributed by atoms with van der Waals surface area (Å²) in [5, 5.41) is 4.80. The highest BCUT2D eigenvalue weighted by atomic mass is 32.1. The number of carbonyl (C=O) groups excluding carboxylic acids is 1. The largest absolute Gasteiger partial charge is 0.497 e. The quantitative estimate of drug-likeness (QED) is 0.888. The maximum atomic E-state index is 11.9. The van der Waals surface area contributed by atoms with Crippen molar-refractivity contribution in [1.29, 1.82) is 0 Å². The molecule has 1 amide bonds. The third-order valence-electron chi connectivity index (χ3n) is 2.45. The molecular formula is C12H12F3N3O2S. The van der Waals surface area contributed by atoms with E-state index in [1.165, 1.54) is 18.4 Å². The van der Waals surface area contributed by atoms with Crippen LogP contribution in [-0.2, 0) is 4.79 Å². The summed E-state index contributed by atoms with van der Waals surface area (Å²) < 4.78 is 41.7. The van der Waals surface area contributed by atoms with Gasteiger partial charge in [0.2, 0.25) is 5.91 Å². The predicted molar refractivity (Wildman–Crippen MR) is 73.7 cm³/mol. The van der Waals surface area contributed by atoms with E-state index in [9.17, 15) is 18.0 Å². The van der Waals surface area contributed by atoms with Crippen LogP contribution in [0.4, 0.5) is 18.3 Å². The summed E-state index contributed by atoms with van der Waals surface area (Å²) in [5.74, 6) is 0.0844. The molecule has 0 unspecified atom stereocenters. The fraction of sp³-hybridized carbons (Fsp3) is 0.333. The summed E-state index contributed by atoms with van der Waals surface area (Å²) in [7, 11) is 1.54. The molecular weight excluding hydrogens is 307 g/mol. The standard InChI is InChI=1S/C12H12F3N3O2S/c1-20-7-2-3-8-9(4-7)21-11(17-8)18-10(19)5-16-6-12(13,14)15/h2-4,16H,5-6H2,1H3,(H,17,18,19). The maximum absolute atomic E-state index is 11.9. The Bertz CT molecular complexity index is 642. The molecule has 0 bridgehead atoms. The molecule has 2 rings (SSSR count). The Morgan fingerprint density at radius 2 is 2.19 bits per heavy atom. The zero-order chi connectivity index (χ0) is 15.5. The Hall–Kier alpha value is -1.87. The van der Waals surface area contributed by atoms with Crippen LogP contribution in [0.2, 0.25) is 0 Å². The zero-order valence-electron chi connectivity index (χ0n) is 11.0.